The molecule has 10 heteroatoms. The number of hydrogen-bond acceptors (Lipinski definition) is 6. The van der Waals surface area contributed by atoms with E-state index in [4.69, 9.17) is 15.2 Å². The Kier molecular flexibility index (Phi) is 4.92. The summed E-state index contributed by atoms with van der Waals surface area (Å²) < 4.78 is 42.9. The molecule has 0 bridgehead atoms. The number of hydrogen-bond donors (Lipinski definition) is 2. The van der Waals surface area contributed by atoms with Crippen LogP contribution in [0.2, 0.25) is 0 Å². The molecule has 2 aromatic carbocycles. The van der Waals surface area contributed by atoms with E-state index in [-0.39, 0.29) is 22.3 Å². The topological polar surface area (TPSA) is 108 Å². The molecule has 0 saturated carbocycles. The number of benzene rings is 2. The van der Waals surface area contributed by atoms with Crippen molar-refractivity contribution in [3.63, 3.8) is 0 Å². The summed E-state index contributed by atoms with van der Waals surface area (Å²) in [6, 6.07) is 6.27. The molecule has 1 fully saturated rings. The Morgan fingerprint density at radius 3 is 2.86 bits per heavy atom. The van der Waals surface area contributed by atoms with Crippen molar-refractivity contribution in [3.05, 3.63) is 58.6 Å². The number of methoxy groups -OCH3 is 1. The Morgan fingerprint density at radius 2 is 2.09 bits per heavy atom. The summed E-state index contributed by atoms with van der Waals surface area (Å²) in [7, 11) is 1.51. The highest BCUT2D eigenvalue weighted by molar-refractivity contribution is 6.15. The first-order valence-electron chi connectivity index (χ1n) is 11.2. The number of aromatic nitrogens is 4. The maximum Gasteiger partial charge on any atom is 0.272 e. The van der Waals surface area contributed by atoms with E-state index in [2.05, 4.69) is 15.1 Å². The standard InChI is InChI=1S/C25H21F2N5O3/c1-34-17-10-14-19(21(28)25(33)31-22(14)12-5-4-7-29-23(12)17)13-9-16(26)20(27)24-15(13)11-30-32(24)18-6-2-3-8-35-18/h4-5,7,9-11,18H,2-3,6,8,28H2,1H3,(H,31,33). The normalized spacial score (nSPS) is 16.4. The molecular weight excluding hydrogens is 456 g/mol. The second-order valence-electron chi connectivity index (χ2n) is 8.54. The molecule has 1 aliphatic heterocycles. The van der Waals surface area contributed by atoms with Crippen molar-refractivity contribution in [1.29, 1.82) is 0 Å². The SMILES string of the molecule is COc1cc2c(-c3cc(F)c(F)c4c3cnn4C3CCCCO3)c(N)c(=O)[nH]c2c2cccnc12. The van der Waals surface area contributed by atoms with E-state index in [1.165, 1.54) is 18.0 Å². The Labute approximate surface area is 197 Å². The summed E-state index contributed by atoms with van der Waals surface area (Å²) in [6.07, 6.45) is 4.99. The molecule has 5 aromatic rings. The summed E-state index contributed by atoms with van der Waals surface area (Å²) in [4.78, 5) is 20.1. The van der Waals surface area contributed by atoms with Gasteiger partial charge in [0.1, 0.15) is 22.5 Å². The van der Waals surface area contributed by atoms with Gasteiger partial charge in [-0.05, 0) is 49.1 Å². The molecule has 4 heterocycles. The van der Waals surface area contributed by atoms with Crippen molar-refractivity contribution in [2.24, 2.45) is 0 Å². The molecule has 0 aliphatic carbocycles. The van der Waals surface area contributed by atoms with E-state index in [0.29, 0.717) is 46.0 Å². The van der Waals surface area contributed by atoms with Crippen molar-refractivity contribution >= 4 is 38.4 Å². The van der Waals surface area contributed by atoms with Crippen LogP contribution in [0.25, 0.3) is 43.8 Å². The number of nitrogens with two attached hydrogens (primary N) is 1. The van der Waals surface area contributed by atoms with Gasteiger partial charge in [-0.2, -0.15) is 5.10 Å². The van der Waals surface area contributed by atoms with E-state index in [0.717, 1.165) is 18.9 Å². The Morgan fingerprint density at radius 1 is 1.23 bits per heavy atom. The van der Waals surface area contributed by atoms with E-state index in [1.807, 2.05) is 0 Å². The molecular formula is C25H21F2N5O3. The summed E-state index contributed by atoms with van der Waals surface area (Å²) in [5.41, 5.74) is 7.09. The molecule has 1 saturated heterocycles. The van der Waals surface area contributed by atoms with Crippen LogP contribution < -0.4 is 16.0 Å². The predicted molar refractivity (Wildman–Crippen MR) is 128 cm³/mol. The Bertz CT molecular complexity index is 1690. The van der Waals surface area contributed by atoms with Crippen LogP contribution in [0.1, 0.15) is 25.5 Å². The van der Waals surface area contributed by atoms with Gasteiger partial charge in [-0.1, -0.05) is 0 Å². The third-order valence-corrected chi connectivity index (χ3v) is 6.57. The molecule has 3 aromatic heterocycles. The summed E-state index contributed by atoms with van der Waals surface area (Å²) in [6.45, 7) is 0.516. The fraction of sp³-hybridized carbons (Fsp3) is 0.240. The number of nitrogens with one attached hydrogen (secondary N) is 1. The molecule has 178 valence electrons. The van der Waals surface area contributed by atoms with Gasteiger partial charge < -0.3 is 20.2 Å². The lowest BCUT2D eigenvalue weighted by molar-refractivity contribution is -0.0369. The van der Waals surface area contributed by atoms with E-state index in [9.17, 15) is 4.79 Å². The highest BCUT2D eigenvalue weighted by Crippen LogP contribution is 2.42. The number of H-pyrrole nitrogens is 1. The molecule has 1 aliphatic rings. The van der Waals surface area contributed by atoms with Crippen LogP contribution in [0.15, 0.2) is 41.5 Å². The Hall–Kier alpha value is -4.05. The van der Waals surface area contributed by atoms with E-state index in [1.54, 1.807) is 24.4 Å². The second-order valence-corrected chi connectivity index (χ2v) is 8.54. The van der Waals surface area contributed by atoms with Crippen molar-refractivity contribution in [3.8, 4) is 16.9 Å². The third-order valence-electron chi connectivity index (χ3n) is 6.57. The van der Waals surface area contributed by atoms with Gasteiger partial charge in [0, 0.05) is 34.5 Å². The summed E-state index contributed by atoms with van der Waals surface area (Å²) in [5.74, 6) is -1.66. The molecule has 35 heavy (non-hydrogen) atoms. The van der Waals surface area contributed by atoms with Gasteiger partial charge in [-0.3, -0.25) is 9.78 Å². The van der Waals surface area contributed by atoms with Gasteiger partial charge in [-0.25, -0.2) is 13.5 Å². The van der Waals surface area contributed by atoms with Crippen LogP contribution in [-0.4, -0.2) is 33.5 Å². The third kappa shape index (κ3) is 3.17. The smallest absolute Gasteiger partial charge is 0.272 e. The minimum absolute atomic E-state index is 0.0332. The molecule has 0 spiro atoms. The number of aromatic amines is 1. The lowest BCUT2D eigenvalue weighted by Gasteiger charge is -2.23. The van der Waals surface area contributed by atoms with Crippen LogP contribution >= 0.6 is 0 Å². The molecule has 6 rings (SSSR count). The minimum atomic E-state index is -1.08. The van der Waals surface area contributed by atoms with Crippen LogP contribution in [0, 0.1) is 11.6 Å². The average Bonchev–Trinajstić information content (AvgIpc) is 3.33. The van der Waals surface area contributed by atoms with Gasteiger partial charge in [0.05, 0.1) is 18.8 Å². The number of nitrogen functional groups attached to an aromatic ring is 1. The fourth-order valence-electron chi connectivity index (χ4n) is 4.94. The number of pyridine rings is 2. The van der Waals surface area contributed by atoms with Crippen LogP contribution in [0.3, 0.4) is 0 Å². The number of fused-ring (bicyclic) bond motifs is 4. The zero-order valence-corrected chi connectivity index (χ0v) is 18.8. The van der Waals surface area contributed by atoms with Gasteiger partial charge in [0.25, 0.3) is 5.56 Å². The first-order chi connectivity index (χ1) is 17.0. The number of anilines is 1. The Balaban J connectivity index is 1.73. The number of ether oxygens (including phenoxy) is 2. The second kappa shape index (κ2) is 8.02. The molecule has 3 N–H and O–H groups in total. The van der Waals surface area contributed by atoms with Crippen LogP contribution in [0.4, 0.5) is 14.5 Å². The lowest BCUT2D eigenvalue weighted by Crippen LogP contribution is -2.19. The summed E-state index contributed by atoms with van der Waals surface area (Å²) in [5, 5.41) is 5.81. The lowest BCUT2D eigenvalue weighted by atomic mass is 9.95. The summed E-state index contributed by atoms with van der Waals surface area (Å²) >= 11 is 0. The fourth-order valence-corrected chi connectivity index (χ4v) is 4.94. The highest BCUT2D eigenvalue weighted by atomic mass is 19.2. The van der Waals surface area contributed by atoms with Gasteiger partial charge in [-0.15, -0.1) is 0 Å². The minimum Gasteiger partial charge on any atom is -0.494 e. The largest absolute Gasteiger partial charge is 0.494 e. The van der Waals surface area contributed by atoms with E-state index < -0.39 is 23.4 Å². The number of rotatable bonds is 3. The highest BCUT2D eigenvalue weighted by Gasteiger charge is 2.26. The molecule has 0 amide bonds. The quantitative estimate of drug-likeness (QED) is 0.366. The van der Waals surface area contributed by atoms with Crippen molar-refractivity contribution in [2.45, 2.75) is 25.5 Å². The molecule has 1 unspecified atom stereocenters. The van der Waals surface area contributed by atoms with Gasteiger partial charge in [0.15, 0.2) is 17.9 Å². The molecule has 0 radical (unpaired) electrons. The first-order valence-corrected chi connectivity index (χ1v) is 11.2. The zero-order chi connectivity index (χ0) is 24.3. The predicted octanol–water partition coefficient (Wildman–Crippen LogP) is 4.66. The molecule has 8 nitrogen and oxygen atoms in total. The van der Waals surface area contributed by atoms with Gasteiger partial charge >= 0.3 is 0 Å². The number of nitrogens with zero attached hydrogens (tertiary/aromatic N) is 3. The van der Waals surface area contributed by atoms with Crippen molar-refractivity contribution in [1.82, 2.24) is 19.7 Å². The van der Waals surface area contributed by atoms with Crippen LogP contribution in [-0.2, 0) is 4.74 Å². The van der Waals surface area contributed by atoms with Crippen molar-refractivity contribution in [2.75, 3.05) is 19.5 Å². The molecule has 1 atom stereocenters. The van der Waals surface area contributed by atoms with Gasteiger partial charge in [0.2, 0.25) is 0 Å². The monoisotopic (exact) mass is 477 g/mol. The maximum atomic E-state index is 15.1. The van der Waals surface area contributed by atoms with Crippen LogP contribution in [0.5, 0.6) is 5.75 Å². The average molecular weight is 477 g/mol. The first kappa shape index (κ1) is 21.5. The number of halogens is 2. The zero-order valence-electron chi connectivity index (χ0n) is 18.8. The maximum absolute atomic E-state index is 15.1. The van der Waals surface area contributed by atoms with Crippen molar-refractivity contribution < 1.29 is 18.3 Å². The van der Waals surface area contributed by atoms with E-state index >= 15 is 8.78 Å².